The Labute approximate surface area is 122 Å². The van der Waals surface area contributed by atoms with Crippen LogP contribution in [-0.4, -0.2) is 34.1 Å². The molecule has 3 nitrogen and oxygen atoms in total. The molecule has 1 atom stereocenters. The summed E-state index contributed by atoms with van der Waals surface area (Å²) in [5.74, 6) is 1.94. The molecule has 20 heavy (non-hydrogen) atoms. The molecule has 0 spiro atoms. The second-order valence-electron chi connectivity index (χ2n) is 6.48. The molecular weight excluding hydrogens is 246 g/mol. The minimum atomic E-state index is 0.792. The van der Waals surface area contributed by atoms with Crippen LogP contribution in [0.3, 0.4) is 0 Å². The molecule has 1 aromatic heterocycles. The number of allylic oxidation sites excluding steroid dienone is 1. The fourth-order valence-corrected chi connectivity index (χ4v) is 3.65. The Bertz CT molecular complexity index is 461. The van der Waals surface area contributed by atoms with E-state index in [4.69, 9.17) is 0 Å². The second kappa shape index (κ2) is 6.57. The van der Waals surface area contributed by atoms with E-state index in [9.17, 15) is 0 Å². The Morgan fingerprint density at radius 1 is 1.30 bits per heavy atom. The van der Waals surface area contributed by atoms with Crippen LogP contribution in [0.25, 0.3) is 0 Å². The van der Waals surface area contributed by atoms with E-state index in [-0.39, 0.29) is 0 Å². The summed E-state index contributed by atoms with van der Waals surface area (Å²) in [4.78, 5) is 7.01. The Balaban J connectivity index is 1.53. The maximum Gasteiger partial charge on any atom is 0.105 e. The van der Waals surface area contributed by atoms with Gasteiger partial charge in [-0.05, 0) is 57.9 Å². The average Bonchev–Trinajstić information content (AvgIpc) is 2.86. The van der Waals surface area contributed by atoms with Gasteiger partial charge in [0.1, 0.15) is 5.82 Å². The average molecular weight is 273 g/mol. The zero-order valence-corrected chi connectivity index (χ0v) is 12.7. The topological polar surface area (TPSA) is 21.1 Å². The van der Waals surface area contributed by atoms with Crippen molar-refractivity contribution in [1.29, 1.82) is 0 Å². The van der Waals surface area contributed by atoms with Crippen molar-refractivity contribution in [1.82, 2.24) is 14.5 Å². The summed E-state index contributed by atoms with van der Waals surface area (Å²) >= 11 is 0. The molecule has 3 heteroatoms. The lowest BCUT2D eigenvalue weighted by atomic mass is 9.95. The van der Waals surface area contributed by atoms with Gasteiger partial charge in [0.25, 0.3) is 0 Å². The van der Waals surface area contributed by atoms with E-state index in [0.717, 1.165) is 18.3 Å². The summed E-state index contributed by atoms with van der Waals surface area (Å²) in [5.41, 5.74) is 1.69. The molecule has 1 fully saturated rings. The molecule has 1 aliphatic heterocycles. The van der Waals surface area contributed by atoms with Crippen LogP contribution in [0.1, 0.15) is 44.3 Å². The zero-order chi connectivity index (χ0) is 13.8. The number of piperidine rings is 1. The highest BCUT2D eigenvalue weighted by Gasteiger charge is 2.21. The van der Waals surface area contributed by atoms with Gasteiger partial charge < -0.3 is 4.57 Å². The van der Waals surface area contributed by atoms with Crippen molar-refractivity contribution in [3.63, 3.8) is 0 Å². The molecule has 0 N–H and O–H groups in total. The Morgan fingerprint density at radius 3 is 3.00 bits per heavy atom. The molecule has 0 aromatic carbocycles. The molecule has 2 heterocycles. The Morgan fingerprint density at radius 2 is 2.25 bits per heavy atom. The van der Waals surface area contributed by atoms with Crippen molar-refractivity contribution in [3.05, 3.63) is 29.9 Å². The van der Waals surface area contributed by atoms with Crippen molar-refractivity contribution < 1.29 is 0 Å². The van der Waals surface area contributed by atoms with E-state index in [1.807, 2.05) is 6.20 Å². The molecule has 1 aliphatic carbocycles. The van der Waals surface area contributed by atoms with Crippen molar-refractivity contribution in [2.45, 2.75) is 52.0 Å². The van der Waals surface area contributed by atoms with Crippen LogP contribution in [-0.2, 0) is 6.54 Å². The summed E-state index contributed by atoms with van der Waals surface area (Å²) in [6.07, 6.45) is 14.7. The van der Waals surface area contributed by atoms with Crippen LogP contribution in [0.15, 0.2) is 24.0 Å². The molecule has 0 bridgehead atoms. The van der Waals surface area contributed by atoms with Gasteiger partial charge in [0.2, 0.25) is 0 Å². The number of aryl methyl sites for hydroxylation is 1. The van der Waals surface area contributed by atoms with Gasteiger partial charge in [-0.1, -0.05) is 11.6 Å². The predicted molar refractivity (Wildman–Crippen MR) is 82.7 cm³/mol. The van der Waals surface area contributed by atoms with Crippen LogP contribution in [0.4, 0.5) is 0 Å². The van der Waals surface area contributed by atoms with E-state index >= 15 is 0 Å². The van der Waals surface area contributed by atoms with Crippen LogP contribution in [0.2, 0.25) is 0 Å². The lowest BCUT2D eigenvalue weighted by molar-refractivity contribution is 0.172. The van der Waals surface area contributed by atoms with E-state index in [1.165, 1.54) is 58.2 Å². The molecule has 1 saturated heterocycles. The number of likely N-dealkylation sites (tertiary alicyclic amines) is 1. The van der Waals surface area contributed by atoms with Crippen molar-refractivity contribution in [2.75, 3.05) is 19.6 Å². The quantitative estimate of drug-likeness (QED) is 0.784. The van der Waals surface area contributed by atoms with Crippen molar-refractivity contribution >= 4 is 0 Å². The molecule has 1 aromatic rings. The number of rotatable bonds is 4. The third-order valence-electron chi connectivity index (χ3n) is 4.79. The fraction of sp³-hybridized carbons (Fsp3) is 0.706. The summed E-state index contributed by atoms with van der Waals surface area (Å²) in [5, 5.41) is 0. The van der Waals surface area contributed by atoms with Gasteiger partial charge in [-0.3, -0.25) is 4.90 Å². The molecule has 0 amide bonds. The highest BCUT2D eigenvalue weighted by Crippen LogP contribution is 2.23. The number of hydrogen-bond donors (Lipinski definition) is 0. The van der Waals surface area contributed by atoms with Gasteiger partial charge in [-0.25, -0.2) is 4.98 Å². The first-order valence-corrected chi connectivity index (χ1v) is 8.19. The van der Waals surface area contributed by atoms with Gasteiger partial charge in [0, 0.05) is 32.0 Å². The van der Waals surface area contributed by atoms with Gasteiger partial charge in [-0.15, -0.1) is 0 Å². The summed E-state index contributed by atoms with van der Waals surface area (Å²) in [6, 6.07) is 0. The van der Waals surface area contributed by atoms with E-state index in [1.54, 1.807) is 5.57 Å². The minimum Gasteiger partial charge on any atom is -0.335 e. The number of imidazole rings is 1. The highest BCUT2D eigenvalue weighted by atomic mass is 15.1. The summed E-state index contributed by atoms with van der Waals surface area (Å²) in [7, 11) is 0. The fourth-order valence-electron chi connectivity index (χ4n) is 3.65. The van der Waals surface area contributed by atoms with Gasteiger partial charge in [-0.2, -0.15) is 0 Å². The number of hydrogen-bond acceptors (Lipinski definition) is 2. The van der Waals surface area contributed by atoms with Gasteiger partial charge in [0.15, 0.2) is 0 Å². The van der Waals surface area contributed by atoms with Crippen molar-refractivity contribution in [3.8, 4) is 0 Å². The Hall–Kier alpha value is -1.09. The van der Waals surface area contributed by atoms with E-state index in [2.05, 4.69) is 33.6 Å². The molecule has 2 aliphatic rings. The third-order valence-corrected chi connectivity index (χ3v) is 4.79. The maximum atomic E-state index is 4.33. The van der Waals surface area contributed by atoms with E-state index < -0.39 is 0 Å². The first kappa shape index (κ1) is 13.9. The normalized spacial score (nSPS) is 24.6. The highest BCUT2D eigenvalue weighted by molar-refractivity contribution is 5.07. The number of nitrogens with zero attached hydrogens (tertiary/aromatic N) is 3. The third kappa shape index (κ3) is 3.51. The van der Waals surface area contributed by atoms with Crippen LogP contribution >= 0.6 is 0 Å². The monoisotopic (exact) mass is 273 g/mol. The molecule has 110 valence electrons. The van der Waals surface area contributed by atoms with Crippen LogP contribution < -0.4 is 0 Å². The second-order valence-corrected chi connectivity index (χ2v) is 6.48. The SMILES string of the molecule is Cc1nccn1C[C@@H]1CCCN(CC2=CCCCC2)C1. The van der Waals surface area contributed by atoms with Crippen molar-refractivity contribution in [2.24, 2.45) is 5.92 Å². The molecule has 3 rings (SSSR count). The molecule has 0 saturated carbocycles. The summed E-state index contributed by atoms with van der Waals surface area (Å²) < 4.78 is 2.31. The maximum absolute atomic E-state index is 4.33. The smallest absolute Gasteiger partial charge is 0.105 e. The van der Waals surface area contributed by atoms with Crippen LogP contribution in [0.5, 0.6) is 0 Å². The van der Waals surface area contributed by atoms with Crippen LogP contribution in [0, 0.1) is 12.8 Å². The largest absolute Gasteiger partial charge is 0.335 e. The lowest BCUT2D eigenvalue weighted by Crippen LogP contribution is -2.38. The molecular formula is C17H27N3. The minimum absolute atomic E-state index is 0.792. The van der Waals surface area contributed by atoms with E-state index in [0.29, 0.717) is 0 Å². The number of aromatic nitrogens is 2. The first-order valence-electron chi connectivity index (χ1n) is 8.19. The zero-order valence-electron chi connectivity index (χ0n) is 12.7. The molecule has 0 unspecified atom stereocenters. The summed E-state index contributed by atoms with van der Waals surface area (Å²) in [6.45, 7) is 7.01. The van der Waals surface area contributed by atoms with Gasteiger partial charge >= 0.3 is 0 Å². The Kier molecular flexibility index (Phi) is 4.56. The molecule has 0 radical (unpaired) electrons. The van der Waals surface area contributed by atoms with Gasteiger partial charge in [0.05, 0.1) is 0 Å². The lowest BCUT2D eigenvalue weighted by Gasteiger charge is -2.34. The predicted octanol–water partition coefficient (Wildman–Crippen LogP) is 3.40. The standard InChI is InChI=1S/C17H27N3/c1-15-18-9-11-20(15)14-17-8-5-10-19(13-17)12-16-6-3-2-4-7-16/h6,9,11,17H,2-5,7-8,10,12-14H2,1H3/t17-/m1/s1. The first-order chi connectivity index (χ1) is 9.81.